The van der Waals surface area contributed by atoms with Crippen molar-refractivity contribution in [1.29, 1.82) is 0 Å². The highest BCUT2D eigenvalue weighted by molar-refractivity contribution is 5.34. The van der Waals surface area contributed by atoms with E-state index in [1.54, 1.807) is 7.11 Å². The number of methoxy groups -OCH3 is 1. The fourth-order valence-electron chi connectivity index (χ4n) is 1.30. The van der Waals surface area contributed by atoms with E-state index in [9.17, 15) is 0 Å². The predicted octanol–water partition coefficient (Wildman–Crippen LogP) is 1.51. The van der Waals surface area contributed by atoms with Crippen LogP contribution in [-0.4, -0.2) is 13.7 Å². The molecule has 12 heavy (non-hydrogen) atoms. The molecule has 0 saturated carbocycles. The molecule has 2 heteroatoms. The Labute approximate surface area is 72.5 Å². The summed E-state index contributed by atoms with van der Waals surface area (Å²) in [6.07, 6.45) is 0. The standard InChI is InChI=1S/C10H13NO/c1-10(7-11-10)8-3-5-9(12-2)6-4-8/h3-6,11H,7H2,1-2H3. The Bertz CT molecular complexity index is 274. The van der Waals surface area contributed by atoms with Gasteiger partial charge in [-0.2, -0.15) is 0 Å². The molecule has 1 aliphatic heterocycles. The van der Waals surface area contributed by atoms with Gasteiger partial charge in [-0.1, -0.05) is 12.1 Å². The SMILES string of the molecule is COc1ccc(C2(C)CN2)cc1. The lowest BCUT2D eigenvalue weighted by Gasteiger charge is -2.07. The minimum atomic E-state index is 0.228. The molecule has 0 amide bonds. The van der Waals surface area contributed by atoms with Gasteiger partial charge in [-0.05, 0) is 24.6 Å². The molecule has 1 saturated heterocycles. The lowest BCUT2D eigenvalue weighted by Crippen LogP contribution is -2.05. The molecule has 1 aromatic carbocycles. The fourth-order valence-corrected chi connectivity index (χ4v) is 1.30. The second-order valence-corrected chi connectivity index (χ2v) is 3.41. The number of nitrogens with one attached hydrogen (secondary N) is 1. The molecule has 0 radical (unpaired) electrons. The van der Waals surface area contributed by atoms with Crippen LogP contribution in [0, 0.1) is 0 Å². The van der Waals surface area contributed by atoms with Gasteiger partial charge in [-0.25, -0.2) is 0 Å². The van der Waals surface area contributed by atoms with Crippen LogP contribution in [0.4, 0.5) is 0 Å². The molecular weight excluding hydrogens is 150 g/mol. The van der Waals surface area contributed by atoms with E-state index in [1.165, 1.54) is 5.56 Å². The van der Waals surface area contributed by atoms with Crippen LogP contribution in [0.15, 0.2) is 24.3 Å². The molecule has 1 atom stereocenters. The van der Waals surface area contributed by atoms with E-state index in [4.69, 9.17) is 4.74 Å². The zero-order valence-corrected chi connectivity index (χ0v) is 7.42. The molecular formula is C10H13NO. The molecule has 2 nitrogen and oxygen atoms in total. The highest BCUT2D eigenvalue weighted by Crippen LogP contribution is 2.30. The first kappa shape index (κ1) is 7.62. The van der Waals surface area contributed by atoms with E-state index in [-0.39, 0.29) is 5.54 Å². The summed E-state index contributed by atoms with van der Waals surface area (Å²) in [5.74, 6) is 0.919. The Morgan fingerprint density at radius 3 is 2.33 bits per heavy atom. The Hall–Kier alpha value is -1.02. The number of hydrogen-bond acceptors (Lipinski definition) is 2. The summed E-state index contributed by atoms with van der Waals surface area (Å²) >= 11 is 0. The quantitative estimate of drug-likeness (QED) is 0.670. The Balaban J connectivity index is 2.25. The molecule has 1 aromatic rings. The summed E-state index contributed by atoms with van der Waals surface area (Å²) < 4.78 is 5.08. The van der Waals surface area contributed by atoms with Crippen molar-refractivity contribution in [3.8, 4) is 5.75 Å². The summed E-state index contributed by atoms with van der Waals surface area (Å²) in [5, 5.41) is 3.32. The van der Waals surface area contributed by atoms with Crippen molar-refractivity contribution in [2.24, 2.45) is 0 Å². The molecule has 64 valence electrons. The second-order valence-electron chi connectivity index (χ2n) is 3.41. The van der Waals surface area contributed by atoms with Crippen molar-refractivity contribution in [1.82, 2.24) is 5.32 Å². The van der Waals surface area contributed by atoms with Crippen LogP contribution >= 0.6 is 0 Å². The van der Waals surface area contributed by atoms with E-state index in [0.717, 1.165) is 12.3 Å². The molecule has 0 spiro atoms. The van der Waals surface area contributed by atoms with Crippen LogP contribution in [0.25, 0.3) is 0 Å². The summed E-state index contributed by atoms with van der Waals surface area (Å²) in [6, 6.07) is 8.22. The second kappa shape index (κ2) is 2.49. The first-order chi connectivity index (χ1) is 5.74. The van der Waals surface area contributed by atoms with Crippen LogP contribution < -0.4 is 10.1 Å². The molecule has 2 rings (SSSR count). The van der Waals surface area contributed by atoms with Crippen molar-refractivity contribution in [3.63, 3.8) is 0 Å². The largest absolute Gasteiger partial charge is 0.497 e. The average Bonchev–Trinajstić information content (AvgIpc) is 2.85. The smallest absolute Gasteiger partial charge is 0.118 e. The van der Waals surface area contributed by atoms with Gasteiger partial charge in [-0.3, -0.25) is 0 Å². The first-order valence-corrected chi connectivity index (χ1v) is 4.14. The monoisotopic (exact) mass is 163 g/mol. The van der Waals surface area contributed by atoms with Gasteiger partial charge in [0, 0.05) is 6.54 Å². The maximum absolute atomic E-state index is 5.08. The Morgan fingerprint density at radius 2 is 1.92 bits per heavy atom. The molecule has 1 unspecified atom stereocenters. The summed E-state index contributed by atoms with van der Waals surface area (Å²) in [7, 11) is 1.69. The summed E-state index contributed by atoms with van der Waals surface area (Å²) in [4.78, 5) is 0. The fraction of sp³-hybridized carbons (Fsp3) is 0.400. The molecule has 1 aliphatic rings. The van der Waals surface area contributed by atoms with Gasteiger partial charge in [-0.15, -0.1) is 0 Å². The number of ether oxygens (including phenoxy) is 1. The van der Waals surface area contributed by atoms with Gasteiger partial charge >= 0.3 is 0 Å². The molecule has 1 N–H and O–H groups in total. The van der Waals surface area contributed by atoms with Crippen LogP contribution in [0.5, 0.6) is 5.75 Å². The number of hydrogen-bond donors (Lipinski definition) is 1. The minimum Gasteiger partial charge on any atom is -0.497 e. The lowest BCUT2D eigenvalue weighted by molar-refractivity contribution is 0.414. The van der Waals surface area contributed by atoms with Crippen molar-refractivity contribution in [2.75, 3.05) is 13.7 Å². The molecule has 0 bridgehead atoms. The molecule has 1 fully saturated rings. The maximum Gasteiger partial charge on any atom is 0.118 e. The van der Waals surface area contributed by atoms with E-state index in [0.29, 0.717) is 0 Å². The van der Waals surface area contributed by atoms with Gasteiger partial charge in [0.15, 0.2) is 0 Å². The van der Waals surface area contributed by atoms with Crippen molar-refractivity contribution < 1.29 is 4.74 Å². The van der Waals surface area contributed by atoms with Crippen LogP contribution in [0.2, 0.25) is 0 Å². The molecule has 1 heterocycles. The van der Waals surface area contributed by atoms with Gasteiger partial charge < -0.3 is 10.1 Å². The molecule has 0 aromatic heterocycles. The average molecular weight is 163 g/mol. The lowest BCUT2D eigenvalue weighted by atomic mass is 10.0. The predicted molar refractivity (Wildman–Crippen MR) is 48.3 cm³/mol. The van der Waals surface area contributed by atoms with Crippen LogP contribution in [-0.2, 0) is 5.54 Å². The van der Waals surface area contributed by atoms with Crippen molar-refractivity contribution in [3.05, 3.63) is 29.8 Å². The van der Waals surface area contributed by atoms with E-state index in [2.05, 4.69) is 24.4 Å². The van der Waals surface area contributed by atoms with Crippen molar-refractivity contribution in [2.45, 2.75) is 12.5 Å². The zero-order chi connectivity index (χ0) is 8.60. The van der Waals surface area contributed by atoms with Crippen LogP contribution in [0.3, 0.4) is 0 Å². The van der Waals surface area contributed by atoms with Crippen LogP contribution in [0.1, 0.15) is 12.5 Å². The van der Waals surface area contributed by atoms with Gasteiger partial charge in [0.1, 0.15) is 5.75 Å². The number of benzene rings is 1. The highest BCUT2D eigenvalue weighted by Gasteiger charge is 2.37. The van der Waals surface area contributed by atoms with Gasteiger partial charge in [0.25, 0.3) is 0 Å². The zero-order valence-electron chi connectivity index (χ0n) is 7.42. The van der Waals surface area contributed by atoms with E-state index in [1.807, 2.05) is 12.1 Å². The van der Waals surface area contributed by atoms with Gasteiger partial charge in [0.2, 0.25) is 0 Å². The minimum absolute atomic E-state index is 0.228. The third-order valence-electron chi connectivity index (χ3n) is 2.43. The normalized spacial score (nSPS) is 26.8. The highest BCUT2D eigenvalue weighted by atomic mass is 16.5. The third-order valence-corrected chi connectivity index (χ3v) is 2.43. The van der Waals surface area contributed by atoms with E-state index >= 15 is 0 Å². The Morgan fingerprint density at radius 1 is 1.33 bits per heavy atom. The summed E-state index contributed by atoms with van der Waals surface area (Å²) in [6.45, 7) is 3.29. The third kappa shape index (κ3) is 1.18. The maximum atomic E-state index is 5.08. The Kier molecular flexibility index (Phi) is 1.58. The van der Waals surface area contributed by atoms with E-state index < -0.39 is 0 Å². The summed E-state index contributed by atoms with van der Waals surface area (Å²) in [5.41, 5.74) is 1.56. The van der Waals surface area contributed by atoms with Crippen molar-refractivity contribution >= 4 is 0 Å². The number of rotatable bonds is 2. The van der Waals surface area contributed by atoms with Gasteiger partial charge in [0.05, 0.1) is 12.6 Å². The topological polar surface area (TPSA) is 31.2 Å². The first-order valence-electron chi connectivity index (χ1n) is 4.14. The molecule has 0 aliphatic carbocycles.